The summed E-state index contributed by atoms with van der Waals surface area (Å²) >= 11 is 0. The lowest BCUT2D eigenvalue weighted by Gasteiger charge is -2.22. The number of aromatic nitrogens is 2. The molecule has 0 spiro atoms. The van der Waals surface area contributed by atoms with Gasteiger partial charge in [-0.2, -0.15) is 5.10 Å². The Morgan fingerprint density at radius 1 is 1.62 bits per heavy atom. The quantitative estimate of drug-likeness (QED) is 0.715. The van der Waals surface area contributed by atoms with E-state index in [1.54, 1.807) is 7.11 Å². The maximum atomic E-state index is 5.14. The van der Waals surface area contributed by atoms with Gasteiger partial charge in [-0.1, -0.05) is 0 Å². The molecule has 0 bridgehead atoms. The lowest BCUT2D eigenvalue weighted by molar-refractivity contribution is 0.147. The molecular formula is C11H22N4O. The SMILES string of the molecule is CNC(COC)CN(C)Cc1cnn(C)c1. The van der Waals surface area contributed by atoms with Crippen molar-refractivity contribution in [2.24, 2.45) is 7.05 Å². The molecule has 1 unspecified atom stereocenters. The molecule has 92 valence electrons. The van der Waals surface area contributed by atoms with Crippen LogP contribution in [-0.2, 0) is 18.3 Å². The molecule has 0 aromatic carbocycles. The zero-order chi connectivity index (χ0) is 12.0. The Kier molecular flexibility index (Phi) is 5.45. The molecule has 1 aromatic rings. The van der Waals surface area contributed by atoms with Gasteiger partial charge in [-0.3, -0.25) is 4.68 Å². The monoisotopic (exact) mass is 226 g/mol. The van der Waals surface area contributed by atoms with Gasteiger partial charge in [0, 0.05) is 45.0 Å². The van der Waals surface area contributed by atoms with Gasteiger partial charge in [0.05, 0.1) is 12.8 Å². The summed E-state index contributed by atoms with van der Waals surface area (Å²) in [5, 5.41) is 7.39. The highest BCUT2D eigenvalue weighted by Crippen LogP contribution is 2.01. The third-order valence-corrected chi connectivity index (χ3v) is 2.52. The Morgan fingerprint density at radius 2 is 2.38 bits per heavy atom. The van der Waals surface area contributed by atoms with Crippen LogP contribution < -0.4 is 5.32 Å². The third-order valence-electron chi connectivity index (χ3n) is 2.52. The first-order chi connectivity index (χ1) is 7.65. The molecule has 0 radical (unpaired) electrons. The fourth-order valence-corrected chi connectivity index (χ4v) is 1.73. The minimum Gasteiger partial charge on any atom is -0.383 e. The van der Waals surface area contributed by atoms with Crippen molar-refractivity contribution in [3.05, 3.63) is 18.0 Å². The van der Waals surface area contributed by atoms with E-state index in [1.165, 1.54) is 5.56 Å². The highest BCUT2D eigenvalue weighted by atomic mass is 16.5. The number of aryl methyl sites for hydroxylation is 1. The molecule has 0 amide bonds. The number of hydrogen-bond acceptors (Lipinski definition) is 4. The Labute approximate surface area is 97.4 Å². The maximum Gasteiger partial charge on any atom is 0.0628 e. The topological polar surface area (TPSA) is 42.3 Å². The molecule has 1 aromatic heterocycles. The zero-order valence-electron chi connectivity index (χ0n) is 10.6. The fourth-order valence-electron chi connectivity index (χ4n) is 1.73. The number of methoxy groups -OCH3 is 1. The summed E-state index contributed by atoms with van der Waals surface area (Å²) in [4.78, 5) is 2.26. The second-order valence-electron chi connectivity index (χ2n) is 4.16. The molecule has 1 rings (SSSR count). The predicted octanol–water partition coefficient (Wildman–Crippen LogP) is 0.0863. The Balaban J connectivity index is 2.37. The van der Waals surface area contributed by atoms with Crippen LogP contribution in [-0.4, -0.2) is 55.1 Å². The molecule has 1 atom stereocenters. The molecule has 0 saturated heterocycles. The summed E-state index contributed by atoms with van der Waals surface area (Å²) < 4.78 is 6.97. The predicted molar refractivity (Wildman–Crippen MR) is 64.3 cm³/mol. The normalized spacial score (nSPS) is 13.3. The third kappa shape index (κ3) is 4.30. The van der Waals surface area contributed by atoms with Crippen LogP contribution in [0.15, 0.2) is 12.4 Å². The van der Waals surface area contributed by atoms with Crippen molar-refractivity contribution in [1.82, 2.24) is 20.0 Å². The van der Waals surface area contributed by atoms with Gasteiger partial charge in [0.25, 0.3) is 0 Å². The van der Waals surface area contributed by atoms with Crippen molar-refractivity contribution in [2.75, 3.05) is 34.4 Å². The number of nitrogens with zero attached hydrogens (tertiary/aromatic N) is 3. The summed E-state index contributed by atoms with van der Waals surface area (Å²) in [6, 6.07) is 0.367. The molecule has 0 aliphatic rings. The molecule has 16 heavy (non-hydrogen) atoms. The molecule has 0 saturated carbocycles. The van der Waals surface area contributed by atoms with E-state index in [2.05, 4.69) is 22.4 Å². The maximum absolute atomic E-state index is 5.14. The van der Waals surface area contributed by atoms with E-state index in [4.69, 9.17) is 4.74 Å². The molecular weight excluding hydrogens is 204 g/mol. The fraction of sp³-hybridized carbons (Fsp3) is 0.727. The second-order valence-corrected chi connectivity index (χ2v) is 4.16. The van der Waals surface area contributed by atoms with Gasteiger partial charge in [0.1, 0.15) is 0 Å². The van der Waals surface area contributed by atoms with E-state index in [0.29, 0.717) is 6.04 Å². The van der Waals surface area contributed by atoms with Crippen LogP contribution in [0.1, 0.15) is 5.56 Å². The molecule has 0 aliphatic heterocycles. The smallest absolute Gasteiger partial charge is 0.0628 e. The number of nitrogens with one attached hydrogen (secondary N) is 1. The summed E-state index contributed by atoms with van der Waals surface area (Å²) in [6.45, 7) is 2.60. The van der Waals surface area contributed by atoms with Gasteiger partial charge in [-0.25, -0.2) is 0 Å². The summed E-state index contributed by atoms with van der Waals surface area (Å²) in [5.41, 5.74) is 1.23. The molecule has 5 nitrogen and oxygen atoms in total. The minimum atomic E-state index is 0.367. The van der Waals surface area contributed by atoms with Crippen LogP contribution in [0.4, 0.5) is 0 Å². The van der Waals surface area contributed by atoms with Gasteiger partial charge in [-0.05, 0) is 14.1 Å². The zero-order valence-corrected chi connectivity index (χ0v) is 10.6. The summed E-state index contributed by atoms with van der Waals surface area (Å²) in [6.07, 6.45) is 3.95. The average Bonchev–Trinajstić information content (AvgIpc) is 2.63. The van der Waals surface area contributed by atoms with Crippen molar-refractivity contribution in [3.8, 4) is 0 Å². The van der Waals surface area contributed by atoms with E-state index in [1.807, 2.05) is 31.2 Å². The molecule has 1 N–H and O–H groups in total. The van der Waals surface area contributed by atoms with E-state index in [0.717, 1.165) is 19.7 Å². The lowest BCUT2D eigenvalue weighted by atomic mass is 10.2. The van der Waals surface area contributed by atoms with Crippen molar-refractivity contribution in [2.45, 2.75) is 12.6 Å². The van der Waals surface area contributed by atoms with Crippen molar-refractivity contribution in [1.29, 1.82) is 0 Å². The van der Waals surface area contributed by atoms with E-state index in [-0.39, 0.29) is 0 Å². The number of likely N-dealkylation sites (N-methyl/N-ethyl adjacent to an activating group) is 2. The molecule has 0 fully saturated rings. The standard InChI is InChI=1S/C11H22N4O/c1-12-11(9-16-4)8-14(2)6-10-5-13-15(3)7-10/h5,7,11-12H,6,8-9H2,1-4H3. The van der Waals surface area contributed by atoms with E-state index >= 15 is 0 Å². The highest BCUT2D eigenvalue weighted by Gasteiger charge is 2.09. The number of ether oxygens (including phenoxy) is 1. The molecule has 1 heterocycles. The van der Waals surface area contributed by atoms with Gasteiger partial charge in [0.15, 0.2) is 0 Å². The van der Waals surface area contributed by atoms with Crippen LogP contribution in [0, 0.1) is 0 Å². The van der Waals surface area contributed by atoms with Crippen LogP contribution >= 0.6 is 0 Å². The largest absolute Gasteiger partial charge is 0.383 e. The first kappa shape index (κ1) is 13.2. The first-order valence-corrected chi connectivity index (χ1v) is 5.48. The van der Waals surface area contributed by atoms with Gasteiger partial charge in [0.2, 0.25) is 0 Å². The molecule has 5 heteroatoms. The van der Waals surface area contributed by atoms with Crippen molar-refractivity contribution >= 4 is 0 Å². The van der Waals surface area contributed by atoms with Gasteiger partial charge in [-0.15, -0.1) is 0 Å². The van der Waals surface area contributed by atoms with Crippen LogP contribution in [0.3, 0.4) is 0 Å². The summed E-state index contributed by atoms with van der Waals surface area (Å²) in [5.74, 6) is 0. The van der Waals surface area contributed by atoms with Crippen molar-refractivity contribution < 1.29 is 4.74 Å². The minimum absolute atomic E-state index is 0.367. The molecule has 0 aliphatic carbocycles. The Bertz CT molecular complexity index is 300. The Hall–Kier alpha value is -0.910. The average molecular weight is 226 g/mol. The lowest BCUT2D eigenvalue weighted by Crippen LogP contribution is -2.40. The number of rotatable bonds is 7. The summed E-state index contributed by atoms with van der Waals surface area (Å²) in [7, 11) is 7.73. The van der Waals surface area contributed by atoms with E-state index < -0.39 is 0 Å². The van der Waals surface area contributed by atoms with E-state index in [9.17, 15) is 0 Å². The van der Waals surface area contributed by atoms with Crippen LogP contribution in [0.25, 0.3) is 0 Å². The van der Waals surface area contributed by atoms with Gasteiger partial charge < -0.3 is 15.0 Å². The van der Waals surface area contributed by atoms with Crippen molar-refractivity contribution in [3.63, 3.8) is 0 Å². The first-order valence-electron chi connectivity index (χ1n) is 5.48. The highest BCUT2D eigenvalue weighted by molar-refractivity contribution is 5.03. The van der Waals surface area contributed by atoms with Crippen LogP contribution in [0.2, 0.25) is 0 Å². The number of hydrogen-bond donors (Lipinski definition) is 1. The van der Waals surface area contributed by atoms with Gasteiger partial charge >= 0.3 is 0 Å². The second kappa shape index (κ2) is 6.62. The Morgan fingerprint density at radius 3 is 2.88 bits per heavy atom. The van der Waals surface area contributed by atoms with Crippen LogP contribution in [0.5, 0.6) is 0 Å².